The average Bonchev–Trinajstić information content (AvgIpc) is 3.13. The second-order valence-electron chi connectivity index (χ2n) is 6.00. The Bertz CT molecular complexity index is 1130. The molecular weight excluding hydrogens is 388 g/mol. The number of carbonyl (C=O) groups excluding carboxylic acids is 2. The van der Waals surface area contributed by atoms with Crippen molar-refractivity contribution in [2.24, 2.45) is 0 Å². The van der Waals surface area contributed by atoms with Crippen LogP contribution in [0.4, 0.5) is 0 Å². The highest BCUT2D eigenvalue weighted by molar-refractivity contribution is 7.15. The van der Waals surface area contributed by atoms with Crippen LogP contribution in [0.5, 0.6) is 0 Å². The number of ether oxygens (including phenoxy) is 1. The molecule has 3 rings (SSSR count). The lowest BCUT2D eigenvalue weighted by molar-refractivity contribution is 0.0529. The Morgan fingerprint density at radius 1 is 1.26 bits per heavy atom. The molecule has 0 N–H and O–H groups in total. The van der Waals surface area contributed by atoms with Crippen molar-refractivity contribution in [3.8, 4) is 0 Å². The van der Waals surface area contributed by atoms with Crippen LogP contribution in [0.25, 0.3) is 11.0 Å². The summed E-state index contributed by atoms with van der Waals surface area (Å²) in [7, 11) is 3.58. The number of benzene rings is 1. The molecule has 8 heteroatoms. The Kier molecular flexibility index (Phi) is 5.34. The van der Waals surface area contributed by atoms with Crippen LogP contribution in [0.3, 0.4) is 0 Å². The number of ketones is 1. The molecule has 0 aliphatic rings. The first kappa shape index (κ1) is 19.1. The van der Waals surface area contributed by atoms with E-state index in [2.05, 4.69) is 0 Å². The van der Waals surface area contributed by atoms with Gasteiger partial charge in [-0.1, -0.05) is 11.6 Å². The Hall–Kier alpha value is -2.64. The Balaban J connectivity index is 2.27. The number of aromatic nitrogens is 1. The van der Waals surface area contributed by atoms with E-state index < -0.39 is 5.97 Å². The van der Waals surface area contributed by atoms with Gasteiger partial charge in [0.2, 0.25) is 5.78 Å². The number of esters is 1. The molecule has 1 aromatic carbocycles. The number of nitrogens with zero attached hydrogens (tertiary/aromatic N) is 2. The second kappa shape index (κ2) is 7.54. The van der Waals surface area contributed by atoms with Gasteiger partial charge in [0, 0.05) is 30.9 Å². The number of fused-ring (bicyclic) bond motifs is 1. The third-order valence-corrected chi connectivity index (χ3v) is 5.13. The van der Waals surface area contributed by atoms with Gasteiger partial charge in [0.15, 0.2) is 0 Å². The smallest absolute Gasteiger partial charge is 0.341 e. The first-order valence-corrected chi connectivity index (χ1v) is 9.36. The minimum atomic E-state index is -0.567. The molecule has 0 bridgehead atoms. The maximum Gasteiger partial charge on any atom is 0.341 e. The molecular formula is C19H17ClN2O4S. The Morgan fingerprint density at radius 3 is 2.52 bits per heavy atom. The van der Waals surface area contributed by atoms with E-state index in [9.17, 15) is 14.4 Å². The third kappa shape index (κ3) is 3.61. The maximum absolute atomic E-state index is 13.0. The van der Waals surface area contributed by atoms with Gasteiger partial charge in [0.25, 0.3) is 5.56 Å². The standard InChI is InChI=1S/C19H17ClN2O4S/c1-4-26-19(25)13-9-14(16(23)11-5-7-12(20)8-6-11)22-17(24)15(10-21(2)3)27-18(13)22/h5-10H,4H2,1-3H3/b15-10-. The summed E-state index contributed by atoms with van der Waals surface area (Å²) in [6.45, 7) is 1.90. The number of hydrogen-bond acceptors (Lipinski definition) is 6. The predicted octanol–water partition coefficient (Wildman–Crippen LogP) is 2.44. The number of halogens is 1. The summed E-state index contributed by atoms with van der Waals surface area (Å²) in [6, 6.07) is 7.78. The minimum Gasteiger partial charge on any atom is -0.462 e. The fraction of sp³-hybridized carbons (Fsp3) is 0.211. The van der Waals surface area contributed by atoms with Gasteiger partial charge >= 0.3 is 5.97 Å². The number of hydrogen-bond donors (Lipinski definition) is 0. The summed E-state index contributed by atoms with van der Waals surface area (Å²) in [6.07, 6.45) is 1.66. The zero-order valence-electron chi connectivity index (χ0n) is 15.0. The van der Waals surface area contributed by atoms with Crippen LogP contribution in [-0.4, -0.2) is 41.8 Å². The van der Waals surface area contributed by atoms with E-state index in [0.717, 1.165) is 11.3 Å². The summed E-state index contributed by atoms with van der Waals surface area (Å²) >= 11 is 7.03. The molecule has 27 heavy (non-hydrogen) atoms. The van der Waals surface area contributed by atoms with Gasteiger partial charge in [-0.15, -0.1) is 11.3 Å². The second-order valence-corrected chi connectivity index (χ2v) is 7.47. The number of rotatable bonds is 5. The summed E-state index contributed by atoms with van der Waals surface area (Å²) in [5.74, 6) is -0.939. The lowest BCUT2D eigenvalue weighted by atomic mass is 10.1. The molecule has 140 valence electrons. The summed E-state index contributed by atoms with van der Waals surface area (Å²) in [5.41, 5.74) is 0.346. The Labute approximate surface area is 164 Å². The zero-order valence-corrected chi connectivity index (χ0v) is 16.6. The molecule has 6 nitrogen and oxygen atoms in total. The van der Waals surface area contributed by atoms with Crippen molar-refractivity contribution in [2.45, 2.75) is 6.92 Å². The van der Waals surface area contributed by atoms with Crippen molar-refractivity contribution in [1.82, 2.24) is 9.30 Å². The first-order valence-electron chi connectivity index (χ1n) is 8.17. The number of carbonyl (C=O) groups is 2. The van der Waals surface area contributed by atoms with Gasteiger partial charge in [-0.05, 0) is 37.3 Å². The average molecular weight is 405 g/mol. The highest BCUT2D eigenvalue weighted by Gasteiger charge is 2.25. The van der Waals surface area contributed by atoms with E-state index in [1.54, 1.807) is 56.4 Å². The highest BCUT2D eigenvalue weighted by atomic mass is 35.5. The summed E-state index contributed by atoms with van der Waals surface area (Å²) in [5, 5.41) is 0.502. The molecule has 0 aliphatic carbocycles. The van der Waals surface area contributed by atoms with Gasteiger partial charge in [-0.3, -0.25) is 14.0 Å². The molecule has 0 aliphatic heterocycles. The van der Waals surface area contributed by atoms with Gasteiger partial charge < -0.3 is 9.64 Å². The van der Waals surface area contributed by atoms with Crippen molar-refractivity contribution in [3.05, 3.63) is 67.1 Å². The van der Waals surface area contributed by atoms with Crippen molar-refractivity contribution in [1.29, 1.82) is 0 Å². The van der Waals surface area contributed by atoms with Crippen LogP contribution in [0.2, 0.25) is 5.02 Å². The molecule has 0 spiro atoms. The molecule has 0 saturated heterocycles. The predicted molar refractivity (Wildman–Crippen MR) is 106 cm³/mol. The quantitative estimate of drug-likeness (QED) is 0.482. The van der Waals surface area contributed by atoms with E-state index >= 15 is 0 Å². The van der Waals surface area contributed by atoms with Gasteiger partial charge in [0.05, 0.1) is 17.9 Å². The highest BCUT2D eigenvalue weighted by Crippen LogP contribution is 2.22. The lowest BCUT2D eigenvalue weighted by Crippen LogP contribution is -2.27. The largest absolute Gasteiger partial charge is 0.462 e. The van der Waals surface area contributed by atoms with Crippen LogP contribution >= 0.6 is 22.9 Å². The van der Waals surface area contributed by atoms with Crippen molar-refractivity contribution in [3.63, 3.8) is 0 Å². The van der Waals surface area contributed by atoms with E-state index in [1.807, 2.05) is 0 Å². The van der Waals surface area contributed by atoms with Crippen molar-refractivity contribution in [2.75, 3.05) is 20.7 Å². The lowest BCUT2D eigenvalue weighted by Gasteiger charge is -2.01. The molecule has 0 unspecified atom stereocenters. The van der Waals surface area contributed by atoms with Crippen molar-refractivity contribution >= 4 is 45.7 Å². The topological polar surface area (TPSA) is 68.1 Å². The molecule has 0 atom stereocenters. The van der Waals surface area contributed by atoms with Crippen molar-refractivity contribution < 1.29 is 14.3 Å². The van der Waals surface area contributed by atoms with E-state index in [1.165, 1.54) is 10.5 Å². The molecule has 2 aromatic heterocycles. The molecule has 2 heterocycles. The normalized spacial score (nSPS) is 11.8. The van der Waals surface area contributed by atoms with Crippen LogP contribution < -0.4 is 10.1 Å². The zero-order chi connectivity index (χ0) is 19.7. The van der Waals surface area contributed by atoms with Crippen LogP contribution in [0.15, 0.2) is 35.1 Å². The monoisotopic (exact) mass is 404 g/mol. The number of thiazole rings is 1. The van der Waals surface area contributed by atoms with Gasteiger partial charge in [-0.2, -0.15) is 0 Å². The molecule has 0 fully saturated rings. The fourth-order valence-corrected chi connectivity index (χ4v) is 3.94. The minimum absolute atomic E-state index is 0.120. The molecule has 0 saturated carbocycles. The third-order valence-electron chi connectivity index (χ3n) is 3.79. The van der Waals surface area contributed by atoms with Crippen LogP contribution in [0, 0.1) is 0 Å². The van der Waals surface area contributed by atoms with Gasteiger partial charge in [0.1, 0.15) is 9.36 Å². The van der Waals surface area contributed by atoms with E-state index in [0.29, 0.717) is 19.9 Å². The summed E-state index contributed by atoms with van der Waals surface area (Å²) < 4.78 is 6.79. The first-order chi connectivity index (χ1) is 12.8. The van der Waals surface area contributed by atoms with E-state index in [4.69, 9.17) is 16.3 Å². The SMILES string of the molecule is CCOC(=O)c1cc(C(=O)c2ccc(Cl)cc2)n2c(=O)/c(=C/N(C)C)sc12. The fourth-order valence-electron chi connectivity index (χ4n) is 2.64. The maximum atomic E-state index is 13.0. The van der Waals surface area contributed by atoms with Crippen LogP contribution in [0.1, 0.15) is 33.3 Å². The molecule has 0 amide bonds. The molecule has 3 aromatic rings. The Morgan fingerprint density at radius 2 is 1.93 bits per heavy atom. The van der Waals surface area contributed by atoms with Crippen LogP contribution in [-0.2, 0) is 4.74 Å². The van der Waals surface area contributed by atoms with Gasteiger partial charge in [-0.25, -0.2) is 4.79 Å². The molecule has 0 radical (unpaired) electrons. The van der Waals surface area contributed by atoms with E-state index in [-0.39, 0.29) is 29.2 Å². The summed E-state index contributed by atoms with van der Waals surface area (Å²) in [4.78, 5) is 40.3.